The van der Waals surface area contributed by atoms with Crippen LogP contribution >= 0.6 is 0 Å². The summed E-state index contributed by atoms with van der Waals surface area (Å²) in [5.74, 6) is -1.90. The first kappa shape index (κ1) is 14.8. The molecule has 0 aliphatic carbocycles. The molecule has 0 saturated carbocycles. The summed E-state index contributed by atoms with van der Waals surface area (Å²) < 4.78 is 0. The van der Waals surface area contributed by atoms with Gasteiger partial charge in [-0.15, -0.1) is 0 Å². The van der Waals surface area contributed by atoms with E-state index >= 15 is 0 Å². The van der Waals surface area contributed by atoms with E-state index in [0.29, 0.717) is 0 Å². The van der Waals surface area contributed by atoms with E-state index in [-0.39, 0.29) is 6.04 Å². The molecule has 0 amide bonds. The van der Waals surface area contributed by atoms with Gasteiger partial charge in [-0.2, -0.15) is 0 Å². The Hall–Kier alpha value is -1.18. The summed E-state index contributed by atoms with van der Waals surface area (Å²) in [6.07, 6.45) is 0.805. The van der Waals surface area contributed by atoms with Gasteiger partial charge >= 0.3 is 11.9 Å². The Morgan fingerprint density at radius 2 is 2.00 bits per heavy atom. The lowest BCUT2D eigenvalue weighted by atomic mass is 10.2. The maximum Gasteiger partial charge on any atom is 0.323 e. The van der Waals surface area contributed by atoms with Crippen LogP contribution in [0, 0.1) is 0 Å². The molecule has 1 heterocycles. The molecule has 1 rings (SSSR count). The van der Waals surface area contributed by atoms with Crippen LogP contribution in [0.4, 0.5) is 0 Å². The van der Waals surface area contributed by atoms with Crippen molar-refractivity contribution in [2.45, 2.75) is 38.0 Å². The summed E-state index contributed by atoms with van der Waals surface area (Å²) in [6.45, 7) is 2.19. The fraction of sp³-hybridized carbons (Fsp3) is 0.778. The molecule has 94 valence electrons. The molecule has 16 heavy (non-hydrogen) atoms. The summed E-state index contributed by atoms with van der Waals surface area (Å²) in [7, 11) is 0. The van der Waals surface area contributed by atoms with Crippen LogP contribution in [0.1, 0.15) is 19.8 Å². The van der Waals surface area contributed by atoms with Crippen molar-refractivity contribution in [2.24, 2.45) is 5.73 Å². The molecule has 0 spiro atoms. The van der Waals surface area contributed by atoms with Crippen LogP contribution in [-0.4, -0.2) is 52.0 Å². The number of rotatable bonds is 3. The minimum absolute atomic E-state index is 0.269. The molecular weight excluding hydrogens is 216 g/mol. The number of hydrogen-bond donors (Lipinski definition) is 5. The summed E-state index contributed by atoms with van der Waals surface area (Å²) in [5.41, 5.74) is 4.91. The van der Waals surface area contributed by atoms with E-state index in [2.05, 4.69) is 5.32 Å². The van der Waals surface area contributed by atoms with Gasteiger partial charge in [0.2, 0.25) is 0 Å². The van der Waals surface area contributed by atoms with Crippen molar-refractivity contribution >= 4 is 11.9 Å². The number of carboxylic acids is 2. The molecule has 0 aromatic rings. The van der Waals surface area contributed by atoms with Crippen LogP contribution < -0.4 is 11.1 Å². The third kappa shape index (κ3) is 5.64. The monoisotopic (exact) mass is 234 g/mol. The van der Waals surface area contributed by atoms with E-state index in [4.69, 9.17) is 21.1 Å². The molecule has 1 aliphatic rings. The summed E-state index contributed by atoms with van der Waals surface area (Å²) in [5, 5.41) is 27.8. The van der Waals surface area contributed by atoms with Gasteiger partial charge in [-0.25, -0.2) is 0 Å². The van der Waals surface area contributed by atoms with E-state index in [0.717, 1.165) is 19.4 Å². The molecule has 1 saturated heterocycles. The van der Waals surface area contributed by atoms with E-state index in [1.807, 2.05) is 0 Å². The zero-order chi connectivity index (χ0) is 12.7. The average molecular weight is 234 g/mol. The number of aliphatic hydroxyl groups is 1. The molecule has 0 aromatic heterocycles. The quantitative estimate of drug-likeness (QED) is 0.405. The van der Waals surface area contributed by atoms with E-state index in [1.165, 1.54) is 6.92 Å². The number of aliphatic carboxylic acids is 2. The lowest BCUT2D eigenvalue weighted by molar-refractivity contribution is -0.141. The number of nitrogens with two attached hydrogens (primary N) is 1. The van der Waals surface area contributed by atoms with Crippen LogP contribution in [0.3, 0.4) is 0 Å². The molecule has 1 aliphatic heterocycles. The molecule has 7 nitrogen and oxygen atoms in total. The minimum Gasteiger partial charge on any atom is -0.480 e. The predicted molar refractivity (Wildman–Crippen MR) is 56.0 cm³/mol. The molecule has 0 radical (unpaired) electrons. The zero-order valence-electron chi connectivity index (χ0n) is 9.09. The van der Waals surface area contributed by atoms with Gasteiger partial charge < -0.3 is 26.4 Å². The maximum atomic E-state index is 10.1. The number of hydrogen-bond acceptors (Lipinski definition) is 5. The second-order valence-corrected chi connectivity index (χ2v) is 3.59. The van der Waals surface area contributed by atoms with Crippen LogP contribution in [0.5, 0.6) is 0 Å². The predicted octanol–water partition coefficient (Wildman–Crippen LogP) is -1.40. The Morgan fingerprint density at radius 1 is 1.44 bits per heavy atom. The Morgan fingerprint density at radius 3 is 2.12 bits per heavy atom. The van der Waals surface area contributed by atoms with Gasteiger partial charge in [-0.05, 0) is 26.3 Å². The van der Waals surface area contributed by atoms with Crippen molar-refractivity contribution in [1.29, 1.82) is 0 Å². The SMILES string of the molecule is C[C@@H](O)[C@H](N)C(=O)O.O=C(O)[C@@H]1CCCN1. The van der Waals surface area contributed by atoms with Crippen molar-refractivity contribution in [3.63, 3.8) is 0 Å². The number of aliphatic hydroxyl groups excluding tert-OH is 1. The third-order valence-electron chi connectivity index (χ3n) is 2.16. The van der Waals surface area contributed by atoms with Crippen molar-refractivity contribution < 1.29 is 24.9 Å². The Kier molecular flexibility index (Phi) is 6.63. The molecule has 6 N–H and O–H groups in total. The van der Waals surface area contributed by atoms with Gasteiger partial charge in [-0.1, -0.05) is 0 Å². The van der Waals surface area contributed by atoms with Crippen LogP contribution in [0.2, 0.25) is 0 Å². The highest BCUT2D eigenvalue weighted by Crippen LogP contribution is 2.03. The molecule has 7 heteroatoms. The summed E-state index contributed by atoms with van der Waals surface area (Å²) in [4.78, 5) is 20.0. The van der Waals surface area contributed by atoms with Crippen LogP contribution in [0.25, 0.3) is 0 Å². The number of carbonyl (C=O) groups is 2. The smallest absolute Gasteiger partial charge is 0.323 e. The second kappa shape index (κ2) is 7.15. The lowest BCUT2D eigenvalue weighted by Gasteiger charge is -2.06. The van der Waals surface area contributed by atoms with Gasteiger partial charge in [0.1, 0.15) is 12.1 Å². The highest BCUT2D eigenvalue weighted by molar-refractivity contribution is 5.74. The molecule has 3 atom stereocenters. The molecule has 1 fully saturated rings. The van der Waals surface area contributed by atoms with Gasteiger partial charge in [-0.3, -0.25) is 9.59 Å². The number of nitrogens with one attached hydrogen (secondary N) is 1. The first-order valence-corrected chi connectivity index (χ1v) is 4.99. The lowest BCUT2D eigenvalue weighted by Crippen LogP contribution is -2.39. The Labute approximate surface area is 93.3 Å². The van der Waals surface area contributed by atoms with Crippen molar-refractivity contribution in [1.82, 2.24) is 5.32 Å². The van der Waals surface area contributed by atoms with Crippen LogP contribution in [-0.2, 0) is 9.59 Å². The van der Waals surface area contributed by atoms with Gasteiger partial charge in [0.25, 0.3) is 0 Å². The van der Waals surface area contributed by atoms with Crippen molar-refractivity contribution in [3.8, 4) is 0 Å². The van der Waals surface area contributed by atoms with Crippen molar-refractivity contribution in [3.05, 3.63) is 0 Å². The average Bonchev–Trinajstić information content (AvgIpc) is 2.70. The summed E-state index contributed by atoms with van der Waals surface area (Å²) >= 11 is 0. The highest BCUT2D eigenvalue weighted by Gasteiger charge is 2.20. The standard InChI is InChI=1S/C5H9NO2.C4H9NO3/c7-5(8)4-2-1-3-6-4;1-2(6)3(5)4(7)8/h4,6H,1-3H2,(H,7,8);2-3,6H,5H2,1H3,(H,7,8)/t4-;2-,3+/m01/s1. The molecular formula is C9H18N2O5. The number of carboxylic acid groups (broad SMARTS) is 2. The van der Waals surface area contributed by atoms with E-state index < -0.39 is 24.1 Å². The largest absolute Gasteiger partial charge is 0.480 e. The molecule has 0 aromatic carbocycles. The van der Waals surface area contributed by atoms with Crippen LogP contribution in [0.15, 0.2) is 0 Å². The zero-order valence-corrected chi connectivity index (χ0v) is 9.09. The summed E-state index contributed by atoms with van der Waals surface area (Å²) in [6, 6.07) is -1.43. The maximum absolute atomic E-state index is 10.1. The Balaban J connectivity index is 0.000000281. The van der Waals surface area contributed by atoms with Gasteiger partial charge in [0, 0.05) is 0 Å². The minimum atomic E-state index is -1.18. The third-order valence-corrected chi connectivity index (χ3v) is 2.16. The normalized spacial score (nSPS) is 22.8. The molecule has 0 bridgehead atoms. The Bertz CT molecular complexity index is 226. The van der Waals surface area contributed by atoms with Gasteiger partial charge in [0.15, 0.2) is 0 Å². The highest BCUT2D eigenvalue weighted by atomic mass is 16.4. The first-order chi connectivity index (χ1) is 7.36. The van der Waals surface area contributed by atoms with Crippen molar-refractivity contribution in [2.75, 3.05) is 6.54 Å². The first-order valence-electron chi connectivity index (χ1n) is 4.99. The van der Waals surface area contributed by atoms with E-state index in [9.17, 15) is 9.59 Å². The molecule has 0 unspecified atom stereocenters. The fourth-order valence-electron chi connectivity index (χ4n) is 1.10. The van der Waals surface area contributed by atoms with Gasteiger partial charge in [0.05, 0.1) is 6.10 Å². The van der Waals surface area contributed by atoms with E-state index in [1.54, 1.807) is 0 Å². The fourth-order valence-corrected chi connectivity index (χ4v) is 1.10. The second-order valence-electron chi connectivity index (χ2n) is 3.59. The topological polar surface area (TPSA) is 133 Å².